The lowest BCUT2D eigenvalue weighted by Crippen LogP contribution is -2.44. The SMILES string of the molecule is Cn1cnc(C(=O)N2CCOCC2c2nccc(N3CCOCC3)n2)n1.O=C(O)C(F)(F)F. The Bertz CT molecular complexity index is 965. The molecule has 2 aliphatic heterocycles. The Hall–Kier alpha value is -3.33. The number of hydrogen-bond donors (Lipinski definition) is 1. The molecule has 4 rings (SSSR count). The second kappa shape index (κ2) is 10.5. The molecule has 2 aromatic heterocycles. The predicted octanol–water partition coefficient (Wildman–Crippen LogP) is 0.289. The lowest BCUT2D eigenvalue weighted by molar-refractivity contribution is -0.192. The summed E-state index contributed by atoms with van der Waals surface area (Å²) in [5.74, 6) is -1.42. The second-order valence-corrected chi connectivity index (χ2v) is 7.01. The number of nitrogens with zero attached hydrogens (tertiary/aromatic N) is 7. The monoisotopic (exact) mass is 473 g/mol. The lowest BCUT2D eigenvalue weighted by atomic mass is 10.2. The maximum Gasteiger partial charge on any atom is 0.490 e. The van der Waals surface area contributed by atoms with Crippen LogP contribution in [0.2, 0.25) is 0 Å². The Morgan fingerprint density at radius 3 is 2.39 bits per heavy atom. The topological polar surface area (TPSA) is 136 Å². The van der Waals surface area contributed by atoms with Crippen LogP contribution in [0.25, 0.3) is 0 Å². The summed E-state index contributed by atoms with van der Waals surface area (Å²) in [7, 11) is 1.73. The Morgan fingerprint density at radius 1 is 1.12 bits per heavy atom. The van der Waals surface area contributed by atoms with Crippen molar-refractivity contribution in [3.63, 3.8) is 0 Å². The first-order valence-electron chi connectivity index (χ1n) is 9.87. The smallest absolute Gasteiger partial charge is 0.475 e. The summed E-state index contributed by atoms with van der Waals surface area (Å²) in [5.41, 5.74) is 0. The first kappa shape index (κ1) is 24.3. The van der Waals surface area contributed by atoms with Gasteiger partial charge in [0.15, 0.2) is 5.82 Å². The van der Waals surface area contributed by atoms with Crippen molar-refractivity contribution in [1.82, 2.24) is 29.6 Å². The summed E-state index contributed by atoms with van der Waals surface area (Å²) in [6, 6.07) is 1.52. The van der Waals surface area contributed by atoms with E-state index in [0.717, 1.165) is 18.9 Å². The summed E-state index contributed by atoms with van der Waals surface area (Å²) in [6.07, 6.45) is -1.85. The van der Waals surface area contributed by atoms with Crippen LogP contribution in [0, 0.1) is 0 Å². The van der Waals surface area contributed by atoms with Gasteiger partial charge in [0.1, 0.15) is 18.2 Å². The molecular formula is C18H22F3N7O5. The fourth-order valence-corrected chi connectivity index (χ4v) is 3.12. The zero-order chi connectivity index (χ0) is 24.0. The van der Waals surface area contributed by atoms with E-state index in [1.54, 1.807) is 18.1 Å². The van der Waals surface area contributed by atoms with E-state index in [0.29, 0.717) is 38.8 Å². The molecule has 12 nitrogen and oxygen atoms in total. The standard InChI is InChI=1S/C16H21N7O3.C2HF3O2/c1-21-11-18-15(20-21)16(24)23-6-9-26-10-12(23)14-17-3-2-13(19-14)22-4-7-25-8-5-22;3-2(4,5)1(6)7/h2-3,11-12H,4-10H2,1H3;(H,6,7). The number of amides is 1. The number of carboxylic acids is 1. The molecule has 2 fully saturated rings. The van der Waals surface area contributed by atoms with Crippen LogP contribution in [-0.2, 0) is 21.3 Å². The zero-order valence-corrected chi connectivity index (χ0v) is 17.6. The third kappa shape index (κ3) is 6.35. The maximum absolute atomic E-state index is 12.8. The van der Waals surface area contributed by atoms with Crippen molar-refractivity contribution in [3.05, 3.63) is 30.2 Å². The summed E-state index contributed by atoms with van der Waals surface area (Å²) in [6.45, 7) is 4.22. The molecular weight excluding hydrogens is 451 g/mol. The highest BCUT2D eigenvalue weighted by atomic mass is 19.4. The maximum atomic E-state index is 12.8. The molecule has 0 saturated carbocycles. The molecule has 33 heavy (non-hydrogen) atoms. The van der Waals surface area contributed by atoms with Crippen LogP contribution >= 0.6 is 0 Å². The van der Waals surface area contributed by atoms with Crippen molar-refractivity contribution >= 4 is 17.7 Å². The van der Waals surface area contributed by atoms with E-state index in [9.17, 15) is 18.0 Å². The molecule has 1 amide bonds. The third-order valence-corrected chi connectivity index (χ3v) is 4.72. The number of halogens is 3. The van der Waals surface area contributed by atoms with Crippen molar-refractivity contribution in [3.8, 4) is 0 Å². The molecule has 0 aliphatic carbocycles. The summed E-state index contributed by atoms with van der Waals surface area (Å²) < 4.78 is 44.2. The molecule has 0 spiro atoms. The van der Waals surface area contributed by atoms with Gasteiger partial charge in [0.25, 0.3) is 5.91 Å². The molecule has 2 saturated heterocycles. The second-order valence-electron chi connectivity index (χ2n) is 7.01. The molecule has 1 atom stereocenters. The van der Waals surface area contributed by atoms with Crippen LogP contribution in [0.5, 0.6) is 0 Å². The molecule has 180 valence electrons. The predicted molar refractivity (Wildman–Crippen MR) is 104 cm³/mol. The highest BCUT2D eigenvalue weighted by molar-refractivity contribution is 5.90. The van der Waals surface area contributed by atoms with Crippen molar-refractivity contribution in [2.45, 2.75) is 12.2 Å². The minimum atomic E-state index is -5.08. The fraction of sp³-hybridized carbons (Fsp3) is 0.556. The van der Waals surface area contributed by atoms with Gasteiger partial charge in [-0.1, -0.05) is 0 Å². The van der Waals surface area contributed by atoms with Crippen molar-refractivity contribution in [1.29, 1.82) is 0 Å². The summed E-state index contributed by atoms with van der Waals surface area (Å²) >= 11 is 0. The Labute approximate surface area is 185 Å². The van der Waals surface area contributed by atoms with Gasteiger partial charge in [0.2, 0.25) is 5.82 Å². The average molecular weight is 473 g/mol. The van der Waals surface area contributed by atoms with E-state index in [-0.39, 0.29) is 17.8 Å². The number of alkyl halides is 3. The molecule has 0 aromatic carbocycles. The van der Waals surface area contributed by atoms with Gasteiger partial charge in [-0.3, -0.25) is 9.48 Å². The Morgan fingerprint density at radius 2 is 1.79 bits per heavy atom. The first-order valence-corrected chi connectivity index (χ1v) is 9.87. The van der Waals surface area contributed by atoms with Gasteiger partial charge < -0.3 is 24.4 Å². The quantitative estimate of drug-likeness (QED) is 0.662. The number of hydrogen-bond acceptors (Lipinski definition) is 9. The van der Waals surface area contributed by atoms with Crippen molar-refractivity contribution in [2.75, 3.05) is 51.0 Å². The van der Waals surface area contributed by atoms with Crippen LogP contribution in [0.1, 0.15) is 22.5 Å². The third-order valence-electron chi connectivity index (χ3n) is 4.72. The normalized spacial score (nSPS) is 19.0. The molecule has 4 heterocycles. The number of aromatic nitrogens is 5. The van der Waals surface area contributed by atoms with E-state index in [1.165, 1.54) is 11.0 Å². The minimum absolute atomic E-state index is 0.170. The van der Waals surface area contributed by atoms with Crippen LogP contribution in [0.4, 0.5) is 19.0 Å². The molecule has 15 heteroatoms. The molecule has 2 aromatic rings. The highest BCUT2D eigenvalue weighted by Gasteiger charge is 2.38. The van der Waals surface area contributed by atoms with E-state index in [4.69, 9.17) is 24.4 Å². The first-order chi connectivity index (χ1) is 15.7. The number of aryl methyl sites for hydroxylation is 1. The largest absolute Gasteiger partial charge is 0.490 e. The summed E-state index contributed by atoms with van der Waals surface area (Å²) in [4.78, 5) is 38.7. The van der Waals surface area contributed by atoms with Crippen LogP contribution < -0.4 is 4.90 Å². The van der Waals surface area contributed by atoms with Gasteiger partial charge in [-0.05, 0) is 6.07 Å². The average Bonchev–Trinajstić information content (AvgIpc) is 3.25. The number of ether oxygens (including phenoxy) is 2. The van der Waals surface area contributed by atoms with E-state index in [1.807, 2.05) is 6.07 Å². The van der Waals surface area contributed by atoms with Gasteiger partial charge >= 0.3 is 12.1 Å². The van der Waals surface area contributed by atoms with Crippen LogP contribution in [-0.4, -0.2) is 98.9 Å². The minimum Gasteiger partial charge on any atom is -0.475 e. The van der Waals surface area contributed by atoms with Gasteiger partial charge in [-0.25, -0.2) is 19.7 Å². The number of carbonyl (C=O) groups excluding carboxylic acids is 1. The molecule has 2 aliphatic rings. The van der Waals surface area contributed by atoms with Gasteiger partial charge in [0.05, 0.1) is 26.4 Å². The van der Waals surface area contributed by atoms with Crippen LogP contribution in [0.15, 0.2) is 18.6 Å². The molecule has 1 unspecified atom stereocenters. The molecule has 0 radical (unpaired) electrons. The van der Waals surface area contributed by atoms with Crippen molar-refractivity contribution < 1.29 is 37.3 Å². The van der Waals surface area contributed by atoms with E-state index in [2.05, 4.69) is 20.0 Å². The Balaban J connectivity index is 0.000000383. The van der Waals surface area contributed by atoms with Crippen LogP contribution in [0.3, 0.4) is 0 Å². The highest BCUT2D eigenvalue weighted by Crippen LogP contribution is 2.24. The van der Waals surface area contributed by atoms with E-state index < -0.39 is 12.1 Å². The number of aliphatic carboxylic acids is 1. The molecule has 0 bridgehead atoms. The number of morpholine rings is 2. The molecule has 1 N–H and O–H groups in total. The van der Waals surface area contributed by atoms with E-state index >= 15 is 0 Å². The number of anilines is 1. The van der Waals surface area contributed by atoms with Gasteiger partial charge in [-0.15, -0.1) is 5.10 Å². The van der Waals surface area contributed by atoms with Gasteiger partial charge in [0, 0.05) is 32.9 Å². The Kier molecular flexibility index (Phi) is 7.75. The number of carbonyl (C=O) groups is 2. The summed E-state index contributed by atoms with van der Waals surface area (Å²) in [5, 5.41) is 11.2. The fourth-order valence-electron chi connectivity index (χ4n) is 3.12. The number of carboxylic acid groups (broad SMARTS) is 1. The van der Waals surface area contributed by atoms with Crippen molar-refractivity contribution in [2.24, 2.45) is 7.05 Å². The van der Waals surface area contributed by atoms with Gasteiger partial charge in [-0.2, -0.15) is 13.2 Å². The number of rotatable bonds is 3. The lowest BCUT2D eigenvalue weighted by Gasteiger charge is -2.34. The zero-order valence-electron chi connectivity index (χ0n) is 17.6.